The zero-order valence-electron chi connectivity index (χ0n) is 50.6. The minimum Gasteiger partial charge on any atom is -0.457 e. The van der Waals surface area contributed by atoms with Crippen molar-refractivity contribution >= 4 is 32.7 Å². The summed E-state index contributed by atoms with van der Waals surface area (Å²) in [5.41, 5.74) is 27.2. The molecule has 436 valence electrons. The van der Waals surface area contributed by atoms with Gasteiger partial charge >= 0.3 is 0 Å². The lowest BCUT2D eigenvalue weighted by molar-refractivity contribution is 0.436. The highest BCUT2D eigenvalue weighted by Crippen LogP contribution is 2.64. The molecule has 94 heavy (non-hydrogen) atoms. The number of nitrogens with zero attached hydrogens (tertiary/aromatic N) is 4. The van der Waals surface area contributed by atoms with Gasteiger partial charge in [-0.05, 0) is 126 Å². The van der Waals surface area contributed by atoms with Crippen LogP contribution >= 0.6 is 0 Å². The van der Waals surface area contributed by atoms with Crippen molar-refractivity contribution in [1.29, 1.82) is 0 Å². The summed E-state index contributed by atoms with van der Waals surface area (Å²) in [5, 5.41) is 3.13. The van der Waals surface area contributed by atoms with Gasteiger partial charge in [0.2, 0.25) is 0 Å². The van der Waals surface area contributed by atoms with Crippen molar-refractivity contribution in [2.45, 2.75) is 10.8 Å². The van der Waals surface area contributed by atoms with Crippen LogP contribution in [0.15, 0.2) is 316 Å². The third-order valence-corrected chi connectivity index (χ3v) is 20.3. The minimum atomic E-state index is -0.630. The molecule has 13 aromatic carbocycles. The second-order valence-electron chi connectivity index (χ2n) is 25.1. The van der Waals surface area contributed by atoms with E-state index in [0.29, 0.717) is 5.82 Å². The second kappa shape index (κ2) is 20.1. The zero-order chi connectivity index (χ0) is 61.6. The van der Waals surface area contributed by atoms with Crippen LogP contribution in [-0.2, 0) is 10.8 Å². The third kappa shape index (κ3) is 7.53. The molecular weight excluding hydrogens is 1140 g/mol. The molecule has 6 heteroatoms. The van der Waals surface area contributed by atoms with Gasteiger partial charge in [-0.1, -0.05) is 261 Å². The highest BCUT2D eigenvalue weighted by atomic mass is 16.5. The Bertz CT molecular complexity index is 5800. The second-order valence-corrected chi connectivity index (χ2v) is 25.1. The number of ether oxygens (including phenoxy) is 2. The van der Waals surface area contributed by atoms with Crippen LogP contribution in [0.25, 0.3) is 122 Å². The van der Waals surface area contributed by atoms with Crippen molar-refractivity contribution in [3.05, 3.63) is 360 Å². The monoisotopic (exact) mass is 1200 g/mol. The Balaban J connectivity index is 0.648. The molecule has 0 N–H and O–H groups in total. The number of fused-ring (bicyclic) bond motifs is 22. The molecule has 5 heterocycles. The molecule has 6 nitrogen and oxygen atoms in total. The average Bonchev–Trinajstić information content (AvgIpc) is 1.49. The number of rotatable bonds is 6. The number of para-hydroxylation sites is 2. The van der Waals surface area contributed by atoms with Crippen molar-refractivity contribution in [3.8, 4) is 113 Å². The lowest BCUT2D eigenvalue weighted by Crippen LogP contribution is -2.32. The summed E-state index contributed by atoms with van der Waals surface area (Å²) < 4.78 is 14.2. The van der Waals surface area contributed by atoms with Crippen LogP contribution in [0.3, 0.4) is 0 Å². The van der Waals surface area contributed by atoms with Gasteiger partial charge in [0.1, 0.15) is 23.0 Å². The van der Waals surface area contributed by atoms with E-state index in [4.69, 9.17) is 29.4 Å². The van der Waals surface area contributed by atoms with E-state index in [1.165, 1.54) is 44.5 Å². The summed E-state index contributed by atoms with van der Waals surface area (Å²) in [6, 6.07) is 111. The molecule has 0 fully saturated rings. The average molecular weight is 1200 g/mol. The Morgan fingerprint density at radius 3 is 1.29 bits per heavy atom. The lowest BCUT2D eigenvalue weighted by atomic mass is 9.65. The number of aromatic nitrogens is 4. The maximum Gasteiger partial charge on any atom is 0.160 e. The molecule has 0 unspecified atom stereocenters. The maximum atomic E-state index is 7.29. The fourth-order valence-corrected chi connectivity index (χ4v) is 16.1. The molecule has 20 rings (SSSR count). The van der Waals surface area contributed by atoms with E-state index < -0.39 is 10.8 Å². The van der Waals surface area contributed by atoms with Crippen LogP contribution in [-0.4, -0.2) is 19.9 Å². The highest BCUT2D eigenvalue weighted by molar-refractivity contribution is 6.03. The molecule has 2 spiro atoms. The van der Waals surface area contributed by atoms with Gasteiger partial charge in [-0.2, -0.15) is 0 Å². The number of benzene rings is 13. The van der Waals surface area contributed by atoms with E-state index in [2.05, 4.69) is 297 Å². The van der Waals surface area contributed by atoms with Crippen LogP contribution in [0.2, 0.25) is 0 Å². The standard InChI is InChI=1S/C88H52N4O2/c1-6-23-69-64(18-1)65-19-2-7-24-70(65)87(69)73-27-10-12-29-79(73)93-80-50-60(40-44-74(80)87)54-32-36-57(37-33-54)83-68-22-5-11-28-78(68)91-86(92-83)63-16-13-15-59(49-63)62-42-46-76-82(52-62)94-81-51-61(41-45-75(81)88(76)71-25-8-3-20-66(71)67-21-4-9-26-72(67)88)53-30-34-55(35-31-53)77-47-43-58-39-38-56-17-14-48-89-84(56)85(58)90-77/h1-52H. The van der Waals surface area contributed by atoms with E-state index in [1.807, 2.05) is 18.3 Å². The molecule has 2 aliphatic carbocycles. The normalized spacial score (nSPS) is 13.7. The topological polar surface area (TPSA) is 70.0 Å². The Morgan fingerprint density at radius 2 is 0.691 bits per heavy atom. The van der Waals surface area contributed by atoms with Crippen molar-refractivity contribution in [3.63, 3.8) is 0 Å². The molecule has 4 aliphatic rings. The van der Waals surface area contributed by atoms with Crippen LogP contribution in [0.4, 0.5) is 0 Å². The van der Waals surface area contributed by atoms with Crippen molar-refractivity contribution in [2.75, 3.05) is 0 Å². The largest absolute Gasteiger partial charge is 0.457 e. The number of hydrogen-bond acceptors (Lipinski definition) is 6. The summed E-state index contributed by atoms with van der Waals surface area (Å²) in [6.45, 7) is 0. The van der Waals surface area contributed by atoms with Crippen molar-refractivity contribution in [2.24, 2.45) is 0 Å². The van der Waals surface area contributed by atoms with Crippen molar-refractivity contribution < 1.29 is 9.47 Å². The first-order valence-corrected chi connectivity index (χ1v) is 32.1. The van der Waals surface area contributed by atoms with E-state index >= 15 is 0 Å². The van der Waals surface area contributed by atoms with Crippen molar-refractivity contribution in [1.82, 2.24) is 19.9 Å². The smallest absolute Gasteiger partial charge is 0.160 e. The minimum absolute atomic E-state index is 0.511. The van der Waals surface area contributed by atoms with Crippen LogP contribution in [0.1, 0.15) is 44.5 Å². The Hall–Kier alpha value is -12.4. The molecule has 0 radical (unpaired) electrons. The van der Waals surface area contributed by atoms with E-state index in [9.17, 15) is 0 Å². The Kier molecular flexibility index (Phi) is 11.2. The first-order chi connectivity index (χ1) is 46.5. The molecule has 2 aliphatic heterocycles. The van der Waals surface area contributed by atoms with Gasteiger partial charge in [0.25, 0.3) is 0 Å². The highest BCUT2D eigenvalue weighted by Gasteiger charge is 2.52. The first kappa shape index (κ1) is 52.4. The zero-order valence-corrected chi connectivity index (χ0v) is 50.6. The Labute approximate surface area is 542 Å². The summed E-state index contributed by atoms with van der Waals surface area (Å²) >= 11 is 0. The SMILES string of the molecule is c1cc(-c2ccc3c(c2)Oc2cc(-c4ccc(-c5ccc6ccc7cccnc7c6n5)cc4)ccc2C32c3ccccc3-c3ccccc32)cc(-c2nc(-c3ccc(-c4ccc5c(c4)Oc4ccccc4C54c5ccccc5-c5ccccc54)cc3)c3ccccc3n2)c1. The van der Waals surface area contributed by atoms with E-state index in [-0.39, 0.29) is 0 Å². The molecule has 3 aromatic heterocycles. The summed E-state index contributed by atoms with van der Waals surface area (Å²) in [6.07, 6.45) is 1.84. The molecule has 16 aromatic rings. The lowest BCUT2D eigenvalue weighted by Gasteiger charge is -2.39. The predicted molar refractivity (Wildman–Crippen MR) is 378 cm³/mol. The summed E-state index contributed by atoms with van der Waals surface area (Å²) in [4.78, 5) is 20.5. The molecule has 0 saturated carbocycles. The predicted octanol–water partition coefficient (Wildman–Crippen LogP) is 21.7. The maximum absolute atomic E-state index is 7.29. The Morgan fingerprint density at radius 1 is 0.255 bits per heavy atom. The van der Waals surface area contributed by atoms with Gasteiger partial charge in [0, 0.05) is 61.3 Å². The molecular formula is C88H52N4O2. The number of hydrogen-bond donors (Lipinski definition) is 0. The molecule has 0 saturated heterocycles. The summed E-state index contributed by atoms with van der Waals surface area (Å²) in [7, 11) is 0. The van der Waals surface area contributed by atoms with Gasteiger partial charge in [-0.3, -0.25) is 4.98 Å². The summed E-state index contributed by atoms with van der Waals surface area (Å²) in [5.74, 6) is 4.02. The van der Waals surface area contributed by atoms with Gasteiger partial charge in [-0.15, -0.1) is 0 Å². The third-order valence-electron chi connectivity index (χ3n) is 20.3. The van der Waals surface area contributed by atoms with Gasteiger partial charge in [0.05, 0.1) is 38.8 Å². The van der Waals surface area contributed by atoms with Gasteiger partial charge in [-0.25, -0.2) is 15.0 Å². The fourth-order valence-electron chi connectivity index (χ4n) is 16.1. The van der Waals surface area contributed by atoms with Gasteiger partial charge in [0.15, 0.2) is 5.82 Å². The number of pyridine rings is 2. The van der Waals surface area contributed by atoms with Gasteiger partial charge < -0.3 is 9.47 Å². The quantitative estimate of drug-likeness (QED) is 0.155. The fraction of sp³-hybridized carbons (Fsp3) is 0.0227. The van der Waals surface area contributed by atoms with Crippen LogP contribution in [0.5, 0.6) is 23.0 Å². The first-order valence-electron chi connectivity index (χ1n) is 32.1. The van der Waals surface area contributed by atoms with E-state index in [1.54, 1.807) is 0 Å². The van der Waals surface area contributed by atoms with E-state index in [0.717, 1.165) is 139 Å². The van der Waals surface area contributed by atoms with Crippen LogP contribution < -0.4 is 9.47 Å². The molecule has 0 amide bonds. The molecule has 0 bridgehead atoms. The van der Waals surface area contributed by atoms with Crippen LogP contribution in [0, 0.1) is 0 Å². The molecule has 0 atom stereocenters.